The molecule has 10 nitrogen and oxygen atoms in total. The summed E-state index contributed by atoms with van der Waals surface area (Å²) in [7, 11) is 3.08. The summed E-state index contributed by atoms with van der Waals surface area (Å²) in [4.78, 5) is 39.2. The highest BCUT2D eigenvalue weighted by atomic mass is 79.9. The Morgan fingerprint density at radius 1 is 1.05 bits per heavy atom. The number of rotatable bonds is 7. The highest BCUT2D eigenvalue weighted by molar-refractivity contribution is 9.10. The Hall–Kier alpha value is -5.03. The lowest BCUT2D eigenvalue weighted by atomic mass is 9.76. The lowest BCUT2D eigenvalue weighted by Crippen LogP contribution is -2.47. The molecule has 1 aliphatic carbocycles. The molecule has 0 saturated carbocycles. The number of hydrogen-bond donors (Lipinski definition) is 1. The first-order valence-corrected chi connectivity index (χ1v) is 14.6. The van der Waals surface area contributed by atoms with Gasteiger partial charge in [0.2, 0.25) is 0 Å². The Kier molecular flexibility index (Phi) is 7.88. The fourth-order valence-electron chi connectivity index (χ4n) is 5.87. The summed E-state index contributed by atoms with van der Waals surface area (Å²) in [5.41, 5.74) is 3.12. The Morgan fingerprint density at radius 3 is 2.48 bits per heavy atom. The topological polar surface area (TPSA) is 123 Å². The summed E-state index contributed by atoms with van der Waals surface area (Å²) in [5.74, 6) is -0.233. The third-order valence-electron chi connectivity index (χ3n) is 7.94. The van der Waals surface area contributed by atoms with Crippen molar-refractivity contribution in [3.63, 3.8) is 0 Å². The number of hydrogen-bond acceptors (Lipinski definition) is 7. The second-order valence-electron chi connectivity index (χ2n) is 10.4. The van der Waals surface area contributed by atoms with Crippen molar-refractivity contribution >= 4 is 39.0 Å². The summed E-state index contributed by atoms with van der Waals surface area (Å²) < 4.78 is 11.6. The van der Waals surface area contributed by atoms with Crippen LogP contribution < -0.4 is 14.8 Å². The van der Waals surface area contributed by atoms with E-state index in [9.17, 15) is 19.7 Å². The first kappa shape index (κ1) is 29.1. The van der Waals surface area contributed by atoms with Crippen LogP contribution in [0.5, 0.6) is 11.5 Å². The van der Waals surface area contributed by atoms with Gasteiger partial charge in [-0.05, 0) is 56.9 Å². The molecule has 0 radical (unpaired) electrons. The molecule has 0 fully saturated rings. The van der Waals surface area contributed by atoms with Gasteiger partial charge in [-0.25, -0.2) is 5.01 Å². The van der Waals surface area contributed by atoms with E-state index in [0.717, 1.165) is 11.1 Å². The fraction of sp³-hybridized carbons (Fsp3) is 0.182. The minimum Gasteiger partial charge on any atom is -0.493 e. The molecule has 0 bridgehead atoms. The average Bonchev–Trinajstić information content (AvgIpc) is 3.48. The number of methoxy groups -OCH3 is 2. The van der Waals surface area contributed by atoms with Crippen molar-refractivity contribution in [3.8, 4) is 11.5 Å². The highest BCUT2D eigenvalue weighted by Crippen LogP contribution is 2.43. The number of nitro groups is 1. The van der Waals surface area contributed by atoms with E-state index in [2.05, 4.69) is 21.2 Å². The zero-order valence-electron chi connectivity index (χ0n) is 23.8. The number of benzene rings is 3. The molecule has 0 aromatic heterocycles. The quantitative estimate of drug-likeness (QED) is 0.257. The zero-order chi connectivity index (χ0) is 31.0. The minimum absolute atomic E-state index is 0.0579. The Bertz CT molecular complexity index is 1800. The molecule has 222 valence electrons. The van der Waals surface area contributed by atoms with Crippen LogP contribution in [-0.4, -0.2) is 47.7 Å². The van der Waals surface area contributed by atoms with Crippen LogP contribution in [0, 0.1) is 16.0 Å². The standard InChI is InChI=1S/C33H27BrN4O6/c1-43-28-15-12-20(16-29(28)44-2)27-18-26(36-37(27)33(40)22-10-6-7-11-24(22)34)31-30(19-8-4-3-5-9-19)23-17-21(38(41)42)13-14-25(23)35-32(31)39/h3-17,23,25,27H,18H2,1-2H3,(H,35,39)/t23-,25-,27+/m1/s1. The lowest BCUT2D eigenvalue weighted by molar-refractivity contribution is -0.419. The van der Waals surface area contributed by atoms with Gasteiger partial charge >= 0.3 is 0 Å². The van der Waals surface area contributed by atoms with Gasteiger partial charge in [0.15, 0.2) is 11.5 Å². The molecular weight excluding hydrogens is 628 g/mol. The number of ether oxygens (including phenoxy) is 2. The van der Waals surface area contributed by atoms with Crippen LogP contribution in [0.1, 0.15) is 33.9 Å². The Balaban J connectivity index is 1.53. The summed E-state index contributed by atoms with van der Waals surface area (Å²) in [6.45, 7) is 0. The second-order valence-corrected chi connectivity index (χ2v) is 11.3. The molecule has 3 aromatic carbocycles. The van der Waals surface area contributed by atoms with Gasteiger partial charge in [0.25, 0.3) is 17.5 Å². The summed E-state index contributed by atoms with van der Waals surface area (Å²) in [6.07, 6.45) is 4.83. The molecular formula is C33H27BrN4O6. The number of carbonyl (C=O) groups excluding carboxylic acids is 2. The molecule has 2 aliphatic heterocycles. The summed E-state index contributed by atoms with van der Waals surface area (Å²) in [6, 6.07) is 20.7. The molecule has 2 amide bonds. The first-order valence-electron chi connectivity index (χ1n) is 13.8. The normalized spacial score (nSPS) is 20.8. The molecule has 3 aliphatic rings. The van der Waals surface area contributed by atoms with Crippen molar-refractivity contribution in [3.05, 3.63) is 134 Å². The van der Waals surface area contributed by atoms with Gasteiger partial charge in [-0.2, -0.15) is 5.10 Å². The fourth-order valence-corrected chi connectivity index (χ4v) is 6.32. The van der Waals surface area contributed by atoms with Gasteiger partial charge in [0.05, 0.1) is 48.1 Å². The van der Waals surface area contributed by atoms with Gasteiger partial charge < -0.3 is 14.8 Å². The number of fused-ring (bicyclic) bond motifs is 1. The van der Waals surface area contributed by atoms with Crippen molar-refractivity contribution in [2.24, 2.45) is 11.0 Å². The molecule has 2 heterocycles. The minimum atomic E-state index is -0.587. The van der Waals surface area contributed by atoms with Crippen LogP contribution in [0.15, 0.2) is 112 Å². The largest absolute Gasteiger partial charge is 0.493 e. The van der Waals surface area contributed by atoms with Crippen molar-refractivity contribution in [1.82, 2.24) is 10.3 Å². The van der Waals surface area contributed by atoms with E-state index in [4.69, 9.17) is 14.6 Å². The number of allylic oxidation sites excluding steroid dienone is 1. The van der Waals surface area contributed by atoms with Gasteiger partial charge in [0.1, 0.15) is 0 Å². The number of carbonyl (C=O) groups is 2. The molecule has 0 unspecified atom stereocenters. The van der Waals surface area contributed by atoms with E-state index in [1.54, 1.807) is 49.6 Å². The predicted octanol–water partition coefficient (Wildman–Crippen LogP) is 5.71. The molecule has 3 atom stereocenters. The molecule has 1 N–H and O–H groups in total. The smallest absolute Gasteiger partial charge is 0.275 e. The van der Waals surface area contributed by atoms with E-state index >= 15 is 0 Å². The number of halogens is 1. The van der Waals surface area contributed by atoms with Gasteiger partial charge in [-0.1, -0.05) is 54.6 Å². The van der Waals surface area contributed by atoms with E-state index in [1.165, 1.54) is 18.2 Å². The maximum Gasteiger partial charge on any atom is 0.275 e. The molecule has 3 aromatic rings. The highest BCUT2D eigenvalue weighted by Gasteiger charge is 2.43. The van der Waals surface area contributed by atoms with Gasteiger partial charge in [-0.15, -0.1) is 0 Å². The van der Waals surface area contributed by atoms with Crippen LogP contribution in [0.3, 0.4) is 0 Å². The van der Waals surface area contributed by atoms with Crippen LogP contribution in [-0.2, 0) is 4.79 Å². The third kappa shape index (κ3) is 5.19. The number of hydrazone groups is 1. The van der Waals surface area contributed by atoms with E-state index in [0.29, 0.717) is 38.4 Å². The first-order chi connectivity index (χ1) is 21.3. The Labute approximate surface area is 261 Å². The van der Waals surface area contributed by atoms with Crippen molar-refractivity contribution in [2.45, 2.75) is 18.5 Å². The summed E-state index contributed by atoms with van der Waals surface area (Å²) >= 11 is 3.48. The molecule has 0 spiro atoms. The monoisotopic (exact) mass is 654 g/mol. The van der Waals surface area contributed by atoms with Crippen molar-refractivity contribution < 1.29 is 24.0 Å². The van der Waals surface area contributed by atoms with E-state index in [-0.39, 0.29) is 23.9 Å². The van der Waals surface area contributed by atoms with Gasteiger partial charge in [0, 0.05) is 29.0 Å². The predicted molar refractivity (Wildman–Crippen MR) is 168 cm³/mol. The van der Waals surface area contributed by atoms with Crippen LogP contribution in [0.4, 0.5) is 0 Å². The van der Waals surface area contributed by atoms with Crippen LogP contribution in [0.25, 0.3) is 5.57 Å². The van der Waals surface area contributed by atoms with Crippen LogP contribution >= 0.6 is 15.9 Å². The third-order valence-corrected chi connectivity index (χ3v) is 8.63. The number of nitrogens with one attached hydrogen (secondary N) is 1. The number of nitrogens with zero attached hydrogens (tertiary/aromatic N) is 3. The van der Waals surface area contributed by atoms with E-state index in [1.807, 2.05) is 42.5 Å². The molecule has 0 saturated heterocycles. The van der Waals surface area contributed by atoms with Gasteiger partial charge in [-0.3, -0.25) is 19.7 Å². The van der Waals surface area contributed by atoms with E-state index < -0.39 is 22.9 Å². The second kappa shape index (κ2) is 11.9. The number of amides is 2. The maximum atomic E-state index is 14.1. The van der Waals surface area contributed by atoms with Crippen LogP contribution in [0.2, 0.25) is 0 Å². The lowest BCUT2D eigenvalue weighted by Gasteiger charge is -2.34. The van der Waals surface area contributed by atoms with Crippen molar-refractivity contribution in [1.29, 1.82) is 0 Å². The SMILES string of the molecule is COc1ccc([C@@H]2CC(C3=C(c4ccccc4)[C@@H]4C=C([N+](=O)[O-])C=C[C@H]4NC3=O)=NN2C(=O)c2ccccc2Br)cc1OC. The maximum absolute atomic E-state index is 14.1. The Morgan fingerprint density at radius 2 is 1.77 bits per heavy atom. The molecule has 6 rings (SSSR count). The average molecular weight is 656 g/mol. The molecule has 44 heavy (non-hydrogen) atoms. The summed E-state index contributed by atoms with van der Waals surface area (Å²) in [5, 5.41) is 21.0. The van der Waals surface area contributed by atoms with Crippen molar-refractivity contribution in [2.75, 3.05) is 14.2 Å². The molecule has 11 heteroatoms. The zero-order valence-corrected chi connectivity index (χ0v) is 25.4.